The molecule has 0 saturated heterocycles. The van der Waals surface area contributed by atoms with Gasteiger partial charge in [-0.15, -0.1) is 11.6 Å². The SMILES string of the molecule is N#CCCN(Cc1cccnc1)c1ccc(CCl)cn1. The molecule has 0 N–H and O–H groups in total. The van der Waals surface area contributed by atoms with Crippen molar-refractivity contribution >= 4 is 17.4 Å². The number of nitriles is 1. The van der Waals surface area contributed by atoms with Crippen molar-refractivity contribution in [2.45, 2.75) is 18.8 Å². The van der Waals surface area contributed by atoms with Crippen molar-refractivity contribution in [1.82, 2.24) is 9.97 Å². The van der Waals surface area contributed by atoms with Gasteiger partial charge in [-0.05, 0) is 23.3 Å². The summed E-state index contributed by atoms with van der Waals surface area (Å²) < 4.78 is 0. The van der Waals surface area contributed by atoms with Crippen LogP contribution in [-0.4, -0.2) is 16.5 Å². The molecule has 0 aromatic carbocycles. The summed E-state index contributed by atoms with van der Waals surface area (Å²) in [6, 6.07) is 9.98. The standard InChI is InChI=1S/C15H15ClN4/c16-9-13-4-5-15(19-11-13)20(8-2-6-17)12-14-3-1-7-18-10-14/h1,3-5,7,10-11H,2,8-9,12H2. The highest BCUT2D eigenvalue weighted by Gasteiger charge is 2.08. The second-order valence-corrected chi connectivity index (χ2v) is 4.62. The van der Waals surface area contributed by atoms with Gasteiger partial charge in [0.2, 0.25) is 0 Å². The number of nitrogens with zero attached hydrogens (tertiary/aromatic N) is 4. The predicted octanol–water partition coefficient (Wildman–Crippen LogP) is 3.14. The number of halogens is 1. The number of rotatable bonds is 6. The molecule has 0 bridgehead atoms. The lowest BCUT2D eigenvalue weighted by atomic mass is 10.2. The van der Waals surface area contributed by atoms with Gasteiger partial charge in [-0.25, -0.2) is 4.98 Å². The maximum absolute atomic E-state index is 8.78. The first-order valence-electron chi connectivity index (χ1n) is 6.35. The minimum absolute atomic E-state index is 0.452. The summed E-state index contributed by atoms with van der Waals surface area (Å²) in [4.78, 5) is 10.6. The van der Waals surface area contributed by atoms with E-state index in [1.807, 2.05) is 30.5 Å². The van der Waals surface area contributed by atoms with Crippen molar-refractivity contribution in [3.8, 4) is 6.07 Å². The van der Waals surface area contributed by atoms with Crippen molar-refractivity contribution in [2.24, 2.45) is 0 Å². The predicted molar refractivity (Wildman–Crippen MR) is 79.3 cm³/mol. The second-order valence-electron chi connectivity index (χ2n) is 4.35. The number of hydrogen-bond acceptors (Lipinski definition) is 4. The highest BCUT2D eigenvalue weighted by atomic mass is 35.5. The highest BCUT2D eigenvalue weighted by Crippen LogP contribution is 2.16. The van der Waals surface area contributed by atoms with Gasteiger partial charge in [0.15, 0.2) is 0 Å². The van der Waals surface area contributed by atoms with Crippen LogP contribution in [0.25, 0.3) is 0 Å². The minimum Gasteiger partial charge on any atom is -0.351 e. The van der Waals surface area contributed by atoms with E-state index in [-0.39, 0.29) is 0 Å². The minimum atomic E-state index is 0.452. The normalized spacial score (nSPS) is 10.0. The van der Waals surface area contributed by atoms with Crippen LogP contribution in [0.3, 0.4) is 0 Å². The van der Waals surface area contributed by atoms with Crippen LogP contribution in [0.15, 0.2) is 42.9 Å². The first-order chi connectivity index (χ1) is 9.83. The molecule has 4 nitrogen and oxygen atoms in total. The summed E-state index contributed by atoms with van der Waals surface area (Å²) in [6.07, 6.45) is 5.80. The fourth-order valence-corrected chi connectivity index (χ4v) is 2.01. The van der Waals surface area contributed by atoms with Gasteiger partial charge in [0.1, 0.15) is 5.82 Å². The molecule has 2 rings (SSSR count). The molecule has 2 heterocycles. The molecule has 2 aromatic heterocycles. The Kier molecular flexibility index (Phi) is 5.33. The smallest absolute Gasteiger partial charge is 0.128 e. The van der Waals surface area contributed by atoms with E-state index in [4.69, 9.17) is 16.9 Å². The molecule has 0 unspecified atom stereocenters. The monoisotopic (exact) mass is 286 g/mol. The molecule has 0 atom stereocenters. The zero-order valence-corrected chi connectivity index (χ0v) is 11.8. The Morgan fingerprint density at radius 2 is 2.10 bits per heavy atom. The zero-order valence-electron chi connectivity index (χ0n) is 11.0. The first kappa shape index (κ1) is 14.3. The molecule has 0 radical (unpaired) electrons. The van der Waals surface area contributed by atoms with Crippen LogP contribution in [-0.2, 0) is 12.4 Å². The second kappa shape index (κ2) is 7.46. The van der Waals surface area contributed by atoms with Gasteiger partial charge in [-0.3, -0.25) is 4.98 Å². The molecule has 5 heteroatoms. The highest BCUT2D eigenvalue weighted by molar-refractivity contribution is 6.17. The Balaban J connectivity index is 2.15. The van der Waals surface area contributed by atoms with E-state index in [9.17, 15) is 0 Å². The van der Waals surface area contributed by atoms with E-state index < -0.39 is 0 Å². The van der Waals surface area contributed by atoms with Crippen molar-refractivity contribution in [2.75, 3.05) is 11.4 Å². The van der Waals surface area contributed by atoms with E-state index >= 15 is 0 Å². The Hall–Kier alpha value is -2.12. The van der Waals surface area contributed by atoms with Crippen LogP contribution in [0.1, 0.15) is 17.5 Å². The van der Waals surface area contributed by atoms with Crippen LogP contribution in [0.4, 0.5) is 5.82 Å². The number of pyridine rings is 2. The Morgan fingerprint density at radius 3 is 2.70 bits per heavy atom. The summed E-state index contributed by atoms with van der Waals surface area (Å²) in [7, 11) is 0. The fourth-order valence-electron chi connectivity index (χ4n) is 1.85. The molecule has 0 amide bonds. The van der Waals surface area contributed by atoms with Crippen LogP contribution in [0, 0.1) is 11.3 Å². The molecular weight excluding hydrogens is 272 g/mol. The molecule has 0 fully saturated rings. The quantitative estimate of drug-likeness (QED) is 0.766. The Labute approximate surface area is 123 Å². The zero-order chi connectivity index (χ0) is 14.2. The Morgan fingerprint density at radius 1 is 1.20 bits per heavy atom. The summed E-state index contributed by atoms with van der Waals surface area (Å²) >= 11 is 5.77. The molecule has 2 aromatic rings. The van der Waals surface area contributed by atoms with E-state index in [1.54, 1.807) is 12.4 Å². The van der Waals surface area contributed by atoms with Crippen molar-refractivity contribution in [1.29, 1.82) is 5.26 Å². The Bertz CT molecular complexity index is 563. The number of alkyl halides is 1. The number of anilines is 1. The molecule has 0 aliphatic carbocycles. The molecule has 0 saturated carbocycles. The van der Waals surface area contributed by atoms with Gasteiger partial charge in [0.25, 0.3) is 0 Å². The summed E-state index contributed by atoms with van der Waals surface area (Å²) in [5, 5.41) is 8.78. The first-order valence-corrected chi connectivity index (χ1v) is 6.88. The summed E-state index contributed by atoms with van der Waals surface area (Å²) in [6.45, 7) is 1.32. The molecule has 102 valence electrons. The summed E-state index contributed by atoms with van der Waals surface area (Å²) in [5.74, 6) is 1.30. The van der Waals surface area contributed by atoms with Crippen LogP contribution < -0.4 is 4.90 Å². The van der Waals surface area contributed by atoms with Gasteiger partial charge < -0.3 is 4.90 Å². The lowest BCUT2D eigenvalue weighted by Crippen LogP contribution is -2.24. The number of aromatic nitrogens is 2. The molecule has 0 aliphatic rings. The van der Waals surface area contributed by atoms with Crippen molar-refractivity contribution in [3.63, 3.8) is 0 Å². The van der Waals surface area contributed by atoms with E-state index in [0.29, 0.717) is 25.4 Å². The average Bonchev–Trinajstić information content (AvgIpc) is 2.52. The third kappa shape index (κ3) is 3.94. The van der Waals surface area contributed by atoms with E-state index in [1.165, 1.54) is 0 Å². The van der Waals surface area contributed by atoms with E-state index in [2.05, 4.69) is 20.9 Å². The van der Waals surface area contributed by atoms with Crippen LogP contribution >= 0.6 is 11.6 Å². The molecule has 0 spiro atoms. The lowest BCUT2D eigenvalue weighted by molar-refractivity contribution is 0.780. The van der Waals surface area contributed by atoms with Gasteiger partial charge in [0.05, 0.1) is 12.5 Å². The average molecular weight is 287 g/mol. The topological polar surface area (TPSA) is 52.8 Å². The van der Waals surface area contributed by atoms with Crippen LogP contribution in [0.5, 0.6) is 0 Å². The maximum Gasteiger partial charge on any atom is 0.128 e. The van der Waals surface area contributed by atoms with Crippen molar-refractivity contribution < 1.29 is 0 Å². The van der Waals surface area contributed by atoms with Gasteiger partial charge in [0, 0.05) is 37.6 Å². The van der Waals surface area contributed by atoms with Crippen molar-refractivity contribution in [3.05, 3.63) is 54.0 Å². The molecule has 0 aliphatic heterocycles. The van der Waals surface area contributed by atoms with E-state index in [0.717, 1.165) is 16.9 Å². The third-order valence-electron chi connectivity index (χ3n) is 2.88. The van der Waals surface area contributed by atoms with Gasteiger partial charge in [-0.2, -0.15) is 5.26 Å². The van der Waals surface area contributed by atoms with Crippen LogP contribution in [0.2, 0.25) is 0 Å². The molecule has 20 heavy (non-hydrogen) atoms. The van der Waals surface area contributed by atoms with Gasteiger partial charge >= 0.3 is 0 Å². The number of hydrogen-bond donors (Lipinski definition) is 0. The lowest BCUT2D eigenvalue weighted by Gasteiger charge is -2.22. The van der Waals surface area contributed by atoms with Gasteiger partial charge in [-0.1, -0.05) is 12.1 Å². The third-order valence-corrected chi connectivity index (χ3v) is 3.19. The summed E-state index contributed by atoms with van der Waals surface area (Å²) in [5.41, 5.74) is 2.07. The molecular formula is C15H15ClN4. The largest absolute Gasteiger partial charge is 0.351 e. The fraction of sp³-hybridized carbons (Fsp3) is 0.267. The maximum atomic E-state index is 8.78.